The molecule has 0 unspecified atom stereocenters. The average molecular weight is 312 g/mol. The Balaban J connectivity index is 1.75. The van der Waals surface area contributed by atoms with Gasteiger partial charge < -0.3 is 4.42 Å². The van der Waals surface area contributed by atoms with E-state index in [4.69, 9.17) is 4.42 Å². The van der Waals surface area contributed by atoms with Gasteiger partial charge >= 0.3 is 16.1 Å². The SMILES string of the molecule is O=C(NS(=O)(=O)N1CCc2sccc2C1)c1ccco1. The largest absolute Gasteiger partial charge is 0.459 e. The monoisotopic (exact) mass is 312 g/mol. The van der Waals surface area contributed by atoms with Gasteiger partial charge in [0.05, 0.1) is 6.26 Å². The van der Waals surface area contributed by atoms with Gasteiger partial charge in [-0.05, 0) is 35.6 Å². The second-order valence-corrected chi connectivity index (χ2v) is 7.04. The Labute approximate surface area is 120 Å². The molecule has 1 amide bonds. The molecule has 0 saturated heterocycles. The molecule has 2 aromatic rings. The molecule has 3 heterocycles. The van der Waals surface area contributed by atoms with Crippen molar-refractivity contribution in [3.05, 3.63) is 46.0 Å². The minimum Gasteiger partial charge on any atom is -0.459 e. The van der Waals surface area contributed by atoms with Gasteiger partial charge in [0.2, 0.25) is 0 Å². The van der Waals surface area contributed by atoms with Crippen LogP contribution in [-0.4, -0.2) is 25.2 Å². The van der Waals surface area contributed by atoms with Gasteiger partial charge in [-0.25, -0.2) is 4.72 Å². The lowest BCUT2D eigenvalue weighted by Gasteiger charge is -2.25. The zero-order valence-electron chi connectivity index (χ0n) is 10.4. The number of nitrogens with zero attached hydrogens (tertiary/aromatic N) is 1. The van der Waals surface area contributed by atoms with Gasteiger partial charge in [-0.3, -0.25) is 4.79 Å². The molecule has 0 atom stereocenters. The number of furan rings is 1. The minimum absolute atomic E-state index is 0.0261. The van der Waals surface area contributed by atoms with E-state index in [1.54, 1.807) is 11.3 Å². The number of thiophene rings is 1. The molecule has 3 rings (SSSR count). The van der Waals surface area contributed by atoms with E-state index in [9.17, 15) is 13.2 Å². The maximum Gasteiger partial charge on any atom is 0.304 e. The first kappa shape index (κ1) is 13.3. The molecule has 6 nitrogen and oxygen atoms in total. The number of hydrogen-bond acceptors (Lipinski definition) is 5. The number of fused-ring (bicyclic) bond motifs is 1. The molecule has 2 aromatic heterocycles. The van der Waals surface area contributed by atoms with Crippen molar-refractivity contribution in [3.63, 3.8) is 0 Å². The Morgan fingerprint density at radius 2 is 2.25 bits per heavy atom. The van der Waals surface area contributed by atoms with Crippen LogP contribution in [0.15, 0.2) is 34.3 Å². The van der Waals surface area contributed by atoms with Crippen LogP contribution in [-0.2, 0) is 23.2 Å². The Morgan fingerprint density at radius 1 is 1.40 bits per heavy atom. The first-order valence-electron chi connectivity index (χ1n) is 5.97. The Bertz CT molecular complexity index is 718. The first-order chi connectivity index (χ1) is 9.56. The van der Waals surface area contributed by atoms with E-state index in [2.05, 4.69) is 0 Å². The highest BCUT2D eigenvalue weighted by atomic mass is 32.2. The topological polar surface area (TPSA) is 79.6 Å². The molecule has 1 aliphatic rings. The van der Waals surface area contributed by atoms with Crippen molar-refractivity contribution in [1.29, 1.82) is 0 Å². The molecule has 106 valence electrons. The standard InChI is InChI=1S/C12H12N2O4S2/c15-12(10-2-1-6-18-10)13-20(16,17)14-5-3-11-9(8-14)4-7-19-11/h1-2,4,6-7H,3,5,8H2,(H,13,15). The van der Waals surface area contributed by atoms with Gasteiger partial charge in [-0.1, -0.05) is 0 Å². The van der Waals surface area contributed by atoms with Crippen LogP contribution >= 0.6 is 11.3 Å². The van der Waals surface area contributed by atoms with E-state index in [1.807, 2.05) is 16.2 Å². The summed E-state index contributed by atoms with van der Waals surface area (Å²) >= 11 is 1.63. The third kappa shape index (κ3) is 2.49. The molecule has 20 heavy (non-hydrogen) atoms. The first-order valence-corrected chi connectivity index (χ1v) is 8.29. The van der Waals surface area contributed by atoms with Crippen LogP contribution in [0.2, 0.25) is 0 Å². The number of hydrogen-bond donors (Lipinski definition) is 1. The smallest absolute Gasteiger partial charge is 0.304 e. The molecule has 1 N–H and O–H groups in total. The van der Waals surface area contributed by atoms with Crippen molar-refractivity contribution >= 4 is 27.5 Å². The average Bonchev–Trinajstić information content (AvgIpc) is 3.08. The highest BCUT2D eigenvalue weighted by Gasteiger charge is 2.29. The van der Waals surface area contributed by atoms with Crippen molar-refractivity contribution in [2.24, 2.45) is 0 Å². The summed E-state index contributed by atoms with van der Waals surface area (Å²) in [5.74, 6) is -0.784. The third-order valence-electron chi connectivity index (χ3n) is 3.08. The Morgan fingerprint density at radius 3 is 3.00 bits per heavy atom. The number of amides is 1. The second kappa shape index (κ2) is 5.04. The lowest BCUT2D eigenvalue weighted by Crippen LogP contribution is -2.45. The number of nitrogens with one attached hydrogen (secondary N) is 1. The van der Waals surface area contributed by atoms with E-state index in [0.29, 0.717) is 19.5 Å². The molecule has 0 radical (unpaired) electrons. The summed E-state index contributed by atoms with van der Waals surface area (Å²) in [4.78, 5) is 13.0. The molecule has 0 fully saturated rings. The van der Waals surface area contributed by atoms with Gasteiger partial charge in [0.1, 0.15) is 0 Å². The molecule has 0 aromatic carbocycles. The summed E-state index contributed by atoms with van der Waals surface area (Å²) in [6.07, 6.45) is 1.99. The van der Waals surface area contributed by atoms with Gasteiger partial charge in [0, 0.05) is 18.0 Å². The predicted molar refractivity (Wildman–Crippen MR) is 73.5 cm³/mol. The lowest BCUT2D eigenvalue weighted by atomic mass is 10.1. The van der Waals surface area contributed by atoms with E-state index >= 15 is 0 Å². The van der Waals surface area contributed by atoms with Crippen LogP contribution in [0.1, 0.15) is 21.0 Å². The number of carbonyl (C=O) groups is 1. The zero-order chi connectivity index (χ0) is 14.2. The quantitative estimate of drug-likeness (QED) is 0.928. The summed E-state index contributed by atoms with van der Waals surface area (Å²) in [6.45, 7) is 0.661. The van der Waals surface area contributed by atoms with Crippen LogP contribution in [0.25, 0.3) is 0 Å². The summed E-state index contributed by atoms with van der Waals surface area (Å²) in [5, 5.41) is 1.95. The van der Waals surface area contributed by atoms with Crippen molar-refractivity contribution in [2.45, 2.75) is 13.0 Å². The Hall–Kier alpha value is -1.64. The summed E-state index contributed by atoms with van der Waals surface area (Å²) in [7, 11) is -3.85. The fourth-order valence-electron chi connectivity index (χ4n) is 2.07. The van der Waals surface area contributed by atoms with Crippen molar-refractivity contribution in [3.8, 4) is 0 Å². The number of rotatable bonds is 3. The van der Waals surface area contributed by atoms with E-state index in [1.165, 1.54) is 27.6 Å². The highest BCUT2D eigenvalue weighted by molar-refractivity contribution is 7.87. The van der Waals surface area contributed by atoms with Gasteiger partial charge in [0.25, 0.3) is 0 Å². The van der Waals surface area contributed by atoms with Crippen LogP contribution in [0.4, 0.5) is 0 Å². The van der Waals surface area contributed by atoms with Crippen molar-refractivity contribution in [1.82, 2.24) is 9.03 Å². The predicted octanol–water partition coefficient (Wildman–Crippen LogP) is 1.37. The summed E-state index contributed by atoms with van der Waals surface area (Å²) in [6, 6.07) is 4.86. The lowest BCUT2D eigenvalue weighted by molar-refractivity contribution is 0.0951. The molecule has 1 aliphatic heterocycles. The van der Waals surface area contributed by atoms with Crippen LogP contribution < -0.4 is 4.72 Å². The van der Waals surface area contributed by atoms with Crippen molar-refractivity contribution < 1.29 is 17.6 Å². The summed E-state index contributed by atoms with van der Waals surface area (Å²) < 4.78 is 32.5. The molecular weight excluding hydrogens is 300 g/mol. The summed E-state index contributed by atoms with van der Waals surface area (Å²) in [5.41, 5.74) is 0.997. The normalized spacial score (nSPS) is 15.8. The van der Waals surface area contributed by atoms with Crippen LogP contribution in [0.5, 0.6) is 0 Å². The second-order valence-electron chi connectivity index (χ2n) is 4.37. The number of carbonyl (C=O) groups excluding carboxylic acids is 1. The maximum atomic E-state index is 12.2. The van der Waals surface area contributed by atoms with Crippen LogP contribution in [0, 0.1) is 0 Å². The van der Waals surface area contributed by atoms with E-state index < -0.39 is 16.1 Å². The third-order valence-corrected chi connectivity index (χ3v) is 5.54. The fraction of sp³-hybridized carbons (Fsp3) is 0.250. The van der Waals surface area contributed by atoms with E-state index in [-0.39, 0.29) is 5.76 Å². The molecule has 8 heteroatoms. The van der Waals surface area contributed by atoms with Crippen molar-refractivity contribution in [2.75, 3.05) is 6.54 Å². The molecular formula is C12H12N2O4S2. The zero-order valence-corrected chi connectivity index (χ0v) is 12.0. The maximum absolute atomic E-state index is 12.2. The Kier molecular flexibility index (Phi) is 3.36. The van der Waals surface area contributed by atoms with Crippen LogP contribution in [0.3, 0.4) is 0 Å². The van der Waals surface area contributed by atoms with Gasteiger partial charge in [-0.2, -0.15) is 12.7 Å². The molecule has 0 aliphatic carbocycles. The van der Waals surface area contributed by atoms with Gasteiger partial charge in [-0.15, -0.1) is 11.3 Å². The van der Waals surface area contributed by atoms with E-state index in [0.717, 1.165) is 5.56 Å². The highest BCUT2D eigenvalue weighted by Crippen LogP contribution is 2.25. The molecule has 0 spiro atoms. The molecule has 0 bridgehead atoms. The molecule has 0 saturated carbocycles. The minimum atomic E-state index is -3.85. The fourth-order valence-corrected chi connectivity index (χ4v) is 4.06. The van der Waals surface area contributed by atoms with Gasteiger partial charge in [0.15, 0.2) is 5.76 Å².